The van der Waals surface area contributed by atoms with Gasteiger partial charge in [-0.1, -0.05) is 37.3 Å². The average molecular weight is 316 g/mol. The van der Waals surface area contributed by atoms with Gasteiger partial charge in [-0.15, -0.1) is 0 Å². The SMILES string of the molecule is CC1C=CC(c2nc3ccccc3nc2-c2ccc(F)cc2)=CC1. The Balaban J connectivity index is 1.94. The fourth-order valence-corrected chi connectivity index (χ4v) is 2.91. The highest BCUT2D eigenvalue weighted by molar-refractivity contribution is 5.87. The average Bonchev–Trinajstić information content (AvgIpc) is 2.62. The van der Waals surface area contributed by atoms with Crippen molar-refractivity contribution in [2.24, 2.45) is 5.92 Å². The molecule has 0 spiro atoms. The van der Waals surface area contributed by atoms with Crippen LogP contribution in [0, 0.1) is 11.7 Å². The van der Waals surface area contributed by atoms with Crippen molar-refractivity contribution in [1.29, 1.82) is 0 Å². The van der Waals surface area contributed by atoms with E-state index >= 15 is 0 Å². The molecule has 1 aromatic heterocycles. The van der Waals surface area contributed by atoms with E-state index in [1.807, 2.05) is 24.3 Å². The van der Waals surface area contributed by atoms with Gasteiger partial charge < -0.3 is 0 Å². The van der Waals surface area contributed by atoms with E-state index in [0.29, 0.717) is 5.92 Å². The molecule has 4 rings (SSSR count). The molecule has 0 bridgehead atoms. The Bertz CT molecular complexity index is 955. The minimum Gasteiger partial charge on any atom is -0.244 e. The van der Waals surface area contributed by atoms with Gasteiger partial charge in [-0.25, -0.2) is 14.4 Å². The first-order chi connectivity index (χ1) is 11.7. The molecule has 118 valence electrons. The molecule has 3 aromatic rings. The van der Waals surface area contributed by atoms with Crippen LogP contribution in [0.15, 0.2) is 66.8 Å². The van der Waals surface area contributed by atoms with Crippen LogP contribution in [0.3, 0.4) is 0 Å². The summed E-state index contributed by atoms with van der Waals surface area (Å²) in [6.45, 7) is 2.19. The fraction of sp³-hybridized carbons (Fsp3) is 0.143. The van der Waals surface area contributed by atoms with Gasteiger partial charge in [0.05, 0.1) is 22.4 Å². The molecule has 0 saturated heterocycles. The summed E-state index contributed by atoms with van der Waals surface area (Å²) in [5.74, 6) is 0.288. The zero-order chi connectivity index (χ0) is 16.5. The molecule has 0 radical (unpaired) electrons. The Morgan fingerprint density at radius 1 is 0.917 bits per heavy atom. The van der Waals surface area contributed by atoms with E-state index in [4.69, 9.17) is 9.97 Å². The lowest BCUT2D eigenvalue weighted by molar-refractivity contribution is 0.628. The van der Waals surface area contributed by atoms with Crippen LogP contribution in [0.25, 0.3) is 27.9 Å². The first-order valence-corrected chi connectivity index (χ1v) is 8.12. The van der Waals surface area contributed by atoms with Crippen molar-refractivity contribution < 1.29 is 4.39 Å². The van der Waals surface area contributed by atoms with Crippen LogP contribution in [-0.2, 0) is 0 Å². The second kappa shape index (κ2) is 6.00. The molecule has 1 aliphatic carbocycles. The lowest BCUT2D eigenvalue weighted by Crippen LogP contribution is -2.01. The summed E-state index contributed by atoms with van der Waals surface area (Å²) in [5.41, 5.74) is 5.30. The molecular formula is C21H17FN2. The minimum atomic E-state index is -0.250. The topological polar surface area (TPSA) is 25.8 Å². The van der Waals surface area contributed by atoms with Crippen LogP contribution >= 0.6 is 0 Å². The summed E-state index contributed by atoms with van der Waals surface area (Å²) in [6.07, 6.45) is 7.50. The lowest BCUT2D eigenvalue weighted by Gasteiger charge is -2.15. The third-order valence-corrected chi connectivity index (χ3v) is 4.28. The highest BCUT2D eigenvalue weighted by Crippen LogP contribution is 2.31. The quantitative estimate of drug-likeness (QED) is 0.631. The standard InChI is InChI=1S/C21H17FN2/c1-14-6-8-15(9-7-14)20-21(16-10-12-17(22)13-11-16)24-19-5-3-2-4-18(19)23-20/h2-6,8-14H,7H2,1H3. The number of benzene rings is 2. The summed E-state index contributed by atoms with van der Waals surface area (Å²) < 4.78 is 13.3. The number of aromatic nitrogens is 2. The molecule has 0 amide bonds. The first kappa shape index (κ1) is 14.8. The van der Waals surface area contributed by atoms with Gasteiger partial charge in [-0.05, 0) is 54.3 Å². The number of rotatable bonds is 2. The monoisotopic (exact) mass is 316 g/mol. The van der Waals surface area contributed by atoms with Crippen molar-refractivity contribution in [2.45, 2.75) is 13.3 Å². The molecule has 0 N–H and O–H groups in total. The number of hydrogen-bond donors (Lipinski definition) is 0. The van der Waals surface area contributed by atoms with Gasteiger partial charge in [0.1, 0.15) is 5.82 Å². The summed E-state index contributed by atoms with van der Waals surface area (Å²) in [7, 11) is 0. The van der Waals surface area contributed by atoms with Crippen molar-refractivity contribution in [1.82, 2.24) is 9.97 Å². The smallest absolute Gasteiger partial charge is 0.123 e. The molecule has 0 aliphatic heterocycles. The zero-order valence-electron chi connectivity index (χ0n) is 13.4. The van der Waals surface area contributed by atoms with E-state index < -0.39 is 0 Å². The predicted molar refractivity (Wildman–Crippen MR) is 95.8 cm³/mol. The molecule has 2 nitrogen and oxygen atoms in total. The third kappa shape index (κ3) is 2.73. The Morgan fingerprint density at radius 3 is 2.21 bits per heavy atom. The Morgan fingerprint density at radius 2 is 1.58 bits per heavy atom. The number of hydrogen-bond acceptors (Lipinski definition) is 2. The highest BCUT2D eigenvalue weighted by Gasteiger charge is 2.15. The van der Waals surface area contributed by atoms with Crippen LogP contribution in [0.1, 0.15) is 19.0 Å². The van der Waals surface area contributed by atoms with E-state index in [0.717, 1.165) is 40.0 Å². The van der Waals surface area contributed by atoms with Gasteiger partial charge in [0.25, 0.3) is 0 Å². The van der Waals surface area contributed by atoms with Crippen LogP contribution in [-0.4, -0.2) is 9.97 Å². The number of allylic oxidation sites excluding steroid dienone is 4. The lowest BCUT2D eigenvalue weighted by atomic mass is 9.94. The summed E-state index contributed by atoms with van der Waals surface area (Å²) in [4.78, 5) is 9.66. The molecular weight excluding hydrogens is 299 g/mol. The number of fused-ring (bicyclic) bond motifs is 1. The normalized spacial score (nSPS) is 17.1. The van der Waals surface area contributed by atoms with Crippen molar-refractivity contribution >= 4 is 16.6 Å². The van der Waals surface area contributed by atoms with Crippen LogP contribution in [0.2, 0.25) is 0 Å². The third-order valence-electron chi connectivity index (χ3n) is 4.28. The molecule has 3 heteroatoms. The second-order valence-electron chi connectivity index (χ2n) is 6.15. The van der Waals surface area contributed by atoms with Crippen molar-refractivity contribution in [3.8, 4) is 11.3 Å². The second-order valence-corrected chi connectivity index (χ2v) is 6.15. The van der Waals surface area contributed by atoms with Gasteiger partial charge in [0.2, 0.25) is 0 Å². The van der Waals surface area contributed by atoms with Gasteiger partial charge in [0.15, 0.2) is 0 Å². The molecule has 1 aliphatic rings. The Kier molecular flexibility index (Phi) is 3.69. The molecule has 1 atom stereocenters. The van der Waals surface area contributed by atoms with Crippen molar-refractivity contribution in [3.63, 3.8) is 0 Å². The van der Waals surface area contributed by atoms with E-state index in [9.17, 15) is 4.39 Å². The van der Waals surface area contributed by atoms with Gasteiger partial charge in [0, 0.05) is 5.56 Å². The molecule has 1 heterocycles. The van der Waals surface area contributed by atoms with Crippen LogP contribution in [0.5, 0.6) is 0 Å². The van der Waals surface area contributed by atoms with Crippen molar-refractivity contribution in [3.05, 3.63) is 78.3 Å². The largest absolute Gasteiger partial charge is 0.244 e. The molecule has 1 unspecified atom stereocenters. The minimum absolute atomic E-state index is 0.250. The van der Waals surface area contributed by atoms with Crippen LogP contribution < -0.4 is 0 Å². The summed E-state index contributed by atoms with van der Waals surface area (Å²) in [5, 5.41) is 0. The van der Waals surface area contributed by atoms with Gasteiger partial charge in [-0.3, -0.25) is 0 Å². The maximum Gasteiger partial charge on any atom is 0.123 e. The molecule has 0 saturated carbocycles. The number of halogens is 1. The van der Waals surface area contributed by atoms with E-state index in [-0.39, 0.29) is 5.82 Å². The first-order valence-electron chi connectivity index (χ1n) is 8.12. The molecule has 0 fully saturated rings. The Hall–Kier alpha value is -2.81. The summed E-state index contributed by atoms with van der Waals surface area (Å²) in [6, 6.07) is 14.3. The van der Waals surface area contributed by atoms with E-state index in [1.54, 1.807) is 12.1 Å². The maximum atomic E-state index is 13.3. The molecule has 2 aromatic carbocycles. The van der Waals surface area contributed by atoms with E-state index in [1.165, 1.54) is 12.1 Å². The summed E-state index contributed by atoms with van der Waals surface area (Å²) >= 11 is 0. The highest BCUT2D eigenvalue weighted by atomic mass is 19.1. The maximum absolute atomic E-state index is 13.3. The Labute approximate surface area is 140 Å². The van der Waals surface area contributed by atoms with Gasteiger partial charge >= 0.3 is 0 Å². The zero-order valence-corrected chi connectivity index (χ0v) is 13.4. The fourth-order valence-electron chi connectivity index (χ4n) is 2.91. The van der Waals surface area contributed by atoms with Gasteiger partial charge in [-0.2, -0.15) is 0 Å². The number of para-hydroxylation sites is 2. The van der Waals surface area contributed by atoms with Crippen LogP contribution in [0.4, 0.5) is 4.39 Å². The van der Waals surface area contributed by atoms with Crippen molar-refractivity contribution in [2.75, 3.05) is 0 Å². The van der Waals surface area contributed by atoms with E-state index in [2.05, 4.69) is 25.2 Å². The number of nitrogens with zero attached hydrogens (tertiary/aromatic N) is 2. The molecule has 24 heavy (non-hydrogen) atoms. The predicted octanol–water partition coefficient (Wildman–Crippen LogP) is 5.42.